The van der Waals surface area contributed by atoms with Crippen molar-refractivity contribution < 1.29 is 14.3 Å². The van der Waals surface area contributed by atoms with E-state index in [4.69, 9.17) is 0 Å². The average molecular weight is 288 g/mol. The third-order valence-electron chi connectivity index (χ3n) is 3.19. The van der Waals surface area contributed by atoms with Gasteiger partial charge in [-0.05, 0) is 31.2 Å². The summed E-state index contributed by atoms with van der Waals surface area (Å²) in [5.74, 6) is -0.760. The molecule has 2 rings (SSSR count). The van der Waals surface area contributed by atoms with Crippen LogP contribution in [0.4, 0.5) is 10.1 Å². The summed E-state index contributed by atoms with van der Waals surface area (Å²) in [5, 5.41) is 14.9. The molecule has 4 nitrogen and oxygen atoms in total. The van der Waals surface area contributed by atoms with E-state index in [9.17, 15) is 14.3 Å². The molecule has 0 fully saturated rings. The summed E-state index contributed by atoms with van der Waals surface area (Å²) < 4.78 is 13.8. The van der Waals surface area contributed by atoms with E-state index in [-0.39, 0.29) is 17.7 Å². The molecule has 0 aliphatic rings. The van der Waals surface area contributed by atoms with Crippen molar-refractivity contribution in [3.63, 3.8) is 0 Å². The van der Waals surface area contributed by atoms with Crippen LogP contribution in [-0.2, 0) is 0 Å². The number of hydrogen-bond acceptors (Lipinski definition) is 3. The van der Waals surface area contributed by atoms with Crippen molar-refractivity contribution in [3.8, 4) is 5.75 Å². The second kappa shape index (κ2) is 6.26. The van der Waals surface area contributed by atoms with E-state index >= 15 is 0 Å². The number of aromatic hydroxyl groups is 1. The zero-order chi connectivity index (χ0) is 15.4. The van der Waals surface area contributed by atoms with Crippen LogP contribution in [0.3, 0.4) is 0 Å². The lowest BCUT2D eigenvalue weighted by Gasteiger charge is -2.17. The molecule has 0 aliphatic heterocycles. The van der Waals surface area contributed by atoms with E-state index in [1.165, 1.54) is 12.1 Å². The Morgan fingerprint density at radius 3 is 2.67 bits per heavy atom. The molecule has 1 unspecified atom stereocenters. The fourth-order valence-corrected chi connectivity index (χ4v) is 2.09. The van der Waals surface area contributed by atoms with Gasteiger partial charge in [-0.15, -0.1) is 0 Å². The Bertz CT molecular complexity index is 658. The number of anilines is 1. The van der Waals surface area contributed by atoms with E-state index in [2.05, 4.69) is 10.6 Å². The average Bonchev–Trinajstić information content (AvgIpc) is 2.46. The maximum absolute atomic E-state index is 13.8. The Labute approximate surface area is 122 Å². The number of nitrogens with one attached hydrogen (secondary N) is 2. The predicted molar refractivity (Wildman–Crippen MR) is 79.9 cm³/mol. The van der Waals surface area contributed by atoms with E-state index in [1.807, 2.05) is 6.92 Å². The van der Waals surface area contributed by atoms with Crippen molar-refractivity contribution >= 4 is 11.6 Å². The molecule has 5 heteroatoms. The fourth-order valence-electron chi connectivity index (χ4n) is 2.09. The summed E-state index contributed by atoms with van der Waals surface area (Å²) in [6.45, 7) is 1.81. The molecule has 0 saturated carbocycles. The monoisotopic (exact) mass is 288 g/mol. The third kappa shape index (κ3) is 3.51. The van der Waals surface area contributed by atoms with Crippen LogP contribution < -0.4 is 10.6 Å². The Morgan fingerprint density at radius 2 is 2.00 bits per heavy atom. The summed E-state index contributed by atoms with van der Waals surface area (Å²) in [6.07, 6.45) is 0. The molecule has 0 saturated heterocycles. The first kappa shape index (κ1) is 14.8. The number of rotatable bonds is 4. The molecule has 2 aromatic rings. The van der Waals surface area contributed by atoms with Gasteiger partial charge in [0, 0.05) is 29.9 Å². The summed E-state index contributed by atoms with van der Waals surface area (Å²) in [7, 11) is 1.57. The number of amides is 1. The molecule has 0 radical (unpaired) electrons. The summed E-state index contributed by atoms with van der Waals surface area (Å²) in [6, 6.07) is 10.7. The van der Waals surface area contributed by atoms with Crippen molar-refractivity contribution in [1.82, 2.24) is 5.32 Å². The Balaban J connectivity index is 2.19. The van der Waals surface area contributed by atoms with Crippen molar-refractivity contribution in [2.45, 2.75) is 13.0 Å². The summed E-state index contributed by atoms with van der Waals surface area (Å²) in [5.41, 5.74) is 1.69. The molecule has 3 N–H and O–H groups in total. The molecule has 1 atom stereocenters. The van der Waals surface area contributed by atoms with Gasteiger partial charge < -0.3 is 15.7 Å². The Kier molecular flexibility index (Phi) is 4.42. The van der Waals surface area contributed by atoms with Gasteiger partial charge in [0.25, 0.3) is 5.91 Å². The smallest absolute Gasteiger partial charge is 0.251 e. The SMILES string of the molecule is CNC(=O)c1cccc(NC(C)c2ccc(O)cc2F)c1. The predicted octanol–water partition coefficient (Wildman–Crippen LogP) is 3.06. The highest BCUT2D eigenvalue weighted by molar-refractivity contribution is 5.94. The van der Waals surface area contributed by atoms with Crippen molar-refractivity contribution in [2.75, 3.05) is 12.4 Å². The molecule has 21 heavy (non-hydrogen) atoms. The van der Waals surface area contributed by atoms with Gasteiger partial charge in [-0.1, -0.05) is 12.1 Å². The lowest BCUT2D eigenvalue weighted by molar-refractivity contribution is 0.0963. The maximum atomic E-state index is 13.8. The molecular weight excluding hydrogens is 271 g/mol. The van der Waals surface area contributed by atoms with Crippen LogP contribution in [0.1, 0.15) is 28.9 Å². The Morgan fingerprint density at radius 1 is 1.24 bits per heavy atom. The van der Waals surface area contributed by atoms with Crippen LogP contribution in [0, 0.1) is 5.82 Å². The van der Waals surface area contributed by atoms with Gasteiger partial charge in [0.2, 0.25) is 0 Å². The highest BCUT2D eigenvalue weighted by Crippen LogP contribution is 2.24. The van der Waals surface area contributed by atoms with Crippen LogP contribution in [0.2, 0.25) is 0 Å². The number of phenols is 1. The van der Waals surface area contributed by atoms with Gasteiger partial charge in [0.15, 0.2) is 0 Å². The standard InChI is InChI=1S/C16H17FN2O2/c1-10(14-7-6-13(20)9-15(14)17)19-12-5-3-4-11(8-12)16(21)18-2/h3-10,19-20H,1-2H3,(H,18,21). The molecule has 2 aromatic carbocycles. The second-order valence-electron chi connectivity index (χ2n) is 4.73. The van der Waals surface area contributed by atoms with Crippen LogP contribution in [-0.4, -0.2) is 18.1 Å². The minimum Gasteiger partial charge on any atom is -0.508 e. The summed E-state index contributed by atoms with van der Waals surface area (Å²) >= 11 is 0. The highest BCUT2D eigenvalue weighted by Gasteiger charge is 2.12. The fraction of sp³-hybridized carbons (Fsp3) is 0.188. The number of benzene rings is 2. The van der Waals surface area contributed by atoms with Crippen molar-refractivity contribution in [2.24, 2.45) is 0 Å². The zero-order valence-corrected chi connectivity index (χ0v) is 11.9. The molecule has 110 valence electrons. The van der Waals surface area contributed by atoms with Gasteiger partial charge in [0.1, 0.15) is 11.6 Å². The van der Waals surface area contributed by atoms with Crippen molar-refractivity contribution in [1.29, 1.82) is 0 Å². The van der Waals surface area contributed by atoms with Crippen LogP contribution in [0.5, 0.6) is 5.75 Å². The van der Waals surface area contributed by atoms with Gasteiger partial charge >= 0.3 is 0 Å². The van der Waals surface area contributed by atoms with Crippen LogP contribution in [0.25, 0.3) is 0 Å². The minimum absolute atomic E-state index is 0.106. The molecule has 0 bridgehead atoms. The van der Waals surface area contributed by atoms with Gasteiger partial charge in [-0.3, -0.25) is 4.79 Å². The van der Waals surface area contributed by atoms with E-state index in [0.29, 0.717) is 11.1 Å². The molecule has 0 aliphatic carbocycles. The quantitative estimate of drug-likeness (QED) is 0.810. The van der Waals surface area contributed by atoms with E-state index in [1.54, 1.807) is 31.3 Å². The molecule has 1 amide bonds. The first-order valence-corrected chi connectivity index (χ1v) is 6.58. The van der Waals surface area contributed by atoms with Crippen LogP contribution >= 0.6 is 0 Å². The molecule has 0 heterocycles. The van der Waals surface area contributed by atoms with Gasteiger partial charge in [-0.25, -0.2) is 4.39 Å². The van der Waals surface area contributed by atoms with E-state index < -0.39 is 5.82 Å². The lowest BCUT2D eigenvalue weighted by Crippen LogP contribution is -2.18. The lowest BCUT2D eigenvalue weighted by atomic mass is 10.1. The third-order valence-corrected chi connectivity index (χ3v) is 3.19. The highest BCUT2D eigenvalue weighted by atomic mass is 19.1. The zero-order valence-electron chi connectivity index (χ0n) is 11.9. The number of hydrogen-bond donors (Lipinski definition) is 3. The Hall–Kier alpha value is -2.56. The van der Waals surface area contributed by atoms with Gasteiger partial charge in [-0.2, -0.15) is 0 Å². The molecule has 0 aromatic heterocycles. The first-order valence-electron chi connectivity index (χ1n) is 6.58. The molecular formula is C16H17FN2O2. The van der Waals surface area contributed by atoms with Gasteiger partial charge in [0.05, 0.1) is 6.04 Å². The largest absolute Gasteiger partial charge is 0.508 e. The maximum Gasteiger partial charge on any atom is 0.251 e. The topological polar surface area (TPSA) is 61.4 Å². The minimum atomic E-state index is -0.475. The second-order valence-corrected chi connectivity index (χ2v) is 4.73. The number of carbonyl (C=O) groups is 1. The number of phenolic OH excluding ortho intramolecular Hbond substituents is 1. The van der Waals surface area contributed by atoms with Crippen LogP contribution in [0.15, 0.2) is 42.5 Å². The normalized spacial score (nSPS) is 11.8. The first-order chi connectivity index (χ1) is 10.0. The van der Waals surface area contributed by atoms with Crippen molar-refractivity contribution in [3.05, 3.63) is 59.4 Å². The summed E-state index contributed by atoms with van der Waals surface area (Å²) in [4.78, 5) is 11.6. The number of halogens is 1. The van der Waals surface area contributed by atoms with E-state index in [0.717, 1.165) is 11.8 Å². The molecule has 0 spiro atoms. The number of carbonyl (C=O) groups excluding carboxylic acids is 1.